The Labute approximate surface area is 216 Å². The number of hydrogen-bond donors (Lipinski definition) is 2. The molecule has 0 heterocycles. The standard InChI is InChI=1S/C29H42B2S2/c1-11-24(30)28(33)25(23-14-21(29(8,9)10)12-15(2)17(23)4)16(3)13-22-18(5)19(6)27(32)26(31)20(22)7/h12,14,32-33H,11,13,30-31H2,1-10H3/b25-16-,28-24-. The zero-order valence-electron chi connectivity index (χ0n) is 23.0. The summed E-state index contributed by atoms with van der Waals surface area (Å²) in [6, 6.07) is 4.76. The predicted molar refractivity (Wildman–Crippen MR) is 162 cm³/mol. The first-order valence-electron chi connectivity index (χ1n) is 12.1. The van der Waals surface area contributed by atoms with Crippen LogP contribution in [-0.4, -0.2) is 15.7 Å². The van der Waals surface area contributed by atoms with Crippen LogP contribution in [-0.2, 0) is 11.8 Å². The third-order valence-electron chi connectivity index (χ3n) is 7.58. The minimum absolute atomic E-state index is 0.0936. The lowest BCUT2D eigenvalue weighted by Crippen LogP contribution is -2.17. The summed E-state index contributed by atoms with van der Waals surface area (Å²) in [7, 11) is 4.41. The van der Waals surface area contributed by atoms with E-state index in [1.54, 1.807) is 0 Å². The number of allylic oxidation sites excluding steroid dienone is 3. The maximum absolute atomic E-state index is 5.12. The third-order valence-corrected chi connectivity index (χ3v) is 8.86. The van der Waals surface area contributed by atoms with Gasteiger partial charge in [-0.3, -0.25) is 0 Å². The molecule has 0 aliphatic carbocycles. The molecule has 0 N–H and O–H groups in total. The number of aryl methyl sites for hydroxylation is 1. The van der Waals surface area contributed by atoms with Crippen molar-refractivity contribution in [3.05, 3.63) is 72.6 Å². The predicted octanol–water partition coefficient (Wildman–Crippen LogP) is 6.27. The number of thiol groups is 2. The van der Waals surface area contributed by atoms with Crippen molar-refractivity contribution >= 4 is 52.0 Å². The molecule has 0 aliphatic heterocycles. The van der Waals surface area contributed by atoms with E-state index in [1.807, 2.05) is 0 Å². The average molecular weight is 476 g/mol. The molecule has 0 saturated heterocycles. The largest absolute Gasteiger partial charge is 0.144 e. The molecule has 4 heteroatoms. The van der Waals surface area contributed by atoms with E-state index in [4.69, 9.17) is 25.3 Å². The smallest absolute Gasteiger partial charge is 0.141 e. The van der Waals surface area contributed by atoms with Gasteiger partial charge in [0.2, 0.25) is 0 Å². The maximum Gasteiger partial charge on any atom is 0.141 e. The van der Waals surface area contributed by atoms with Crippen molar-refractivity contribution in [3.8, 4) is 0 Å². The summed E-state index contributed by atoms with van der Waals surface area (Å²) in [4.78, 5) is 2.25. The van der Waals surface area contributed by atoms with Crippen molar-refractivity contribution in [3.63, 3.8) is 0 Å². The summed E-state index contributed by atoms with van der Waals surface area (Å²) in [5.74, 6) is 0. The highest BCUT2D eigenvalue weighted by Crippen LogP contribution is 2.38. The number of benzene rings is 2. The van der Waals surface area contributed by atoms with Crippen molar-refractivity contribution in [2.45, 2.75) is 92.4 Å². The van der Waals surface area contributed by atoms with Gasteiger partial charge in [0.05, 0.1) is 0 Å². The van der Waals surface area contributed by atoms with Crippen LogP contribution in [0.4, 0.5) is 0 Å². The fourth-order valence-corrected chi connectivity index (χ4v) is 5.29. The van der Waals surface area contributed by atoms with E-state index in [0.717, 1.165) is 22.6 Å². The Balaban J connectivity index is 2.91. The first kappa shape index (κ1) is 28.0. The molecule has 0 saturated carbocycles. The Hall–Kier alpha value is -1.25. The topological polar surface area (TPSA) is 0 Å². The number of rotatable bonds is 5. The van der Waals surface area contributed by atoms with Crippen LogP contribution in [0, 0.1) is 34.6 Å². The fraction of sp³-hybridized carbons (Fsp3) is 0.448. The van der Waals surface area contributed by atoms with E-state index in [0.29, 0.717) is 0 Å². The molecule has 33 heavy (non-hydrogen) atoms. The van der Waals surface area contributed by atoms with Gasteiger partial charge in [-0.2, -0.15) is 0 Å². The molecule has 2 rings (SSSR count). The van der Waals surface area contributed by atoms with Gasteiger partial charge in [-0.25, -0.2) is 0 Å². The minimum Gasteiger partial charge on any atom is -0.144 e. The van der Waals surface area contributed by atoms with Crippen molar-refractivity contribution < 1.29 is 0 Å². The Morgan fingerprint density at radius 2 is 1.52 bits per heavy atom. The summed E-state index contributed by atoms with van der Waals surface area (Å²) < 4.78 is 0. The molecule has 0 fully saturated rings. The van der Waals surface area contributed by atoms with Crippen molar-refractivity contribution in [1.82, 2.24) is 0 Å². The van der Waals surface area contributed by atoms with Crippen molar-refractivity contribution in [1.29, 1.82) is 0 Å². The van der Waals surface area contributed by atoms with Crippen LogP contribution in [0.15, 0.2) is 33.0 Å². The van der Waals surface area contributed by atoms with Gasteiger partial charge in [-0.05, 0) is 104 Å². The zero-order chi connectivity index (χ0) is 25.4. The second kappa shape index (κ2) is 10.6. The Bertz CT molecular complexity index is 1120. The normalized spacial score (nSPS) is 13.7. The molecule has 0 amide bonds. The molecule has 0 atom stereocenters. The molecule has 0 radical (unpaired) electrons. The molecular weight excluding hydrogens is 434 g/mol. The lowest BCUT2D eigenvalue weighted by molar-refractivity contribution is 0.589. The second-order valence-corrected chi connectivity index (χ2v) is 11.8. The Morgan fingerprint density at radius 1 is 0.939 bits per heavy atom. The van der Waals surface area contributed by atoms with Crippen LogP contribution < -0.4 is 5.46 Å². The zero-order valence-corrected chi connectivity index (χ0v) is 24.8. The summed E-state index contributed by atoms with van der Waals surface area (Å²) >= 11 is 9.91. The summed E-state index contributed by atoms with van der Waals surface area (Å²) in [5, 5.41) is 0. The highest BCUT2D eigenvalue weighted by Gasteiger charge is 2.21. The molecule has 2 aromatic rings. The summed E-state index contributed by atoms with van der Waals surface area (Å²) in [5.41, 5.74) is 16.2. The van der Waals surface area contributed by atoms with Gasteiger partial charge in [-0.15, -0.1) is 25.3 Å². The Morgan fingerprint density at radius 3 is 2.03 bits per heavy atom. The molecule has 0 bridgehead atoms. The van der Waals surface area contributed by atoms with Crippen LogP contribution >= 0.6 is 25.3 Å². The van der Waals surface area contributed by atoms with E-state index < -0.39 is 0 Å². The molecule has 0 aromatic heterocycles. The van der Waals surface area contributed by atoms with Crippen LogP contribution in [0.3, 0.4) is 0 Å². The quantitative estimate of drug-likeness (QED) is 0.284. The van der Waals surface area contributed by atoms with Gasteiger partial charge >= 0.3 is 0 Å². The average Bonchev–Trinajstić information content (AvgIpc) is 2.75. The maximum atomic E-state index is 5.12. The molecule has 176 valence electrons. The molecule has 0 aliphatic rings. The summed E-state index contributed by atoms with van der Waals surface area (Å²) in [6.07, 6.45) is 1.92. The monoisotopic (exact) mass is 476 g/mol. The van der Waals surface area contributed by atoms with E-state index in [-0.39, 0.29) is 5.41 Å². The highest BCUT2D eigenvalue weighted by molar-refractivity contribution is 7.85. The molecule has 0 spiro atoms. The van der Waals surface area contributed by atoms with E-state index in [9.17, 15) is 0 Å². The van der Waals surface area contributed by atoms with Crippen molar-refractivity contribution in [2.75, 3.05) is 0 Å². The SMILES string of the molecule is B/C(CC)=C(S)/C(=C(/C)Cc1c(C)c(B)c(S)c(C)c1C)c1cc(C(C)(C)C)cc(C)c1C. The second-order valence-electron chi connectivity index (χ2n) is 10.9. The fourth-order valence-electron chi connectivity index (χ4n) is 4.48. The van der Waals surface area contributed by atoms with E-state index in [1.165, 1.54) is 66.6 Å². The molecule has 0 unspecified atom stereocenters. The number of hydrogen-bond acceptors (Lipinski definition) is 2. The van der Waals surface area contributed by atoms with Gasteiger partial charge in [0.1, 0.15) is 15.7 Å². The van der Waals surface area contributed by atoms with Crippen LogP contribution in [0.25, 0.3) is 5.57 Å². The van der Waals surface area contributed by atoms with Gasteiger partial charge in [-0.1, -0.05) is 61.9 Å². The van der Waals surface area contributed by atoms with Gasteiger partial charge in [0.25, 0.3) is 0 Å². The van der Waals surface area contributed by atoms with Gasteiger partial charge in [0, 0.05) is 9.80 Å². The third kappa shape index (κ3) is 5.70. The van der Waals surface area contributed by atoms with Gasteiger partial charge in [0.15, 0.2) is 0 Å². The van der Waals surface area contributed by atoms with Crippen LogP contribution in [0.1, 0.15) is 85.5 Å². The van der Waals surface area contributed by atoms with Crippen molar-refractivity contribution in [2.24, 2.45) is 0 Å². The van der Waals surface area contributed by atoms with Gasteiger partial charge < -0.3 is 0 Å². The first-order valence-corrected chi connectivity index (χ1v) is 13.0. The van der Waals surface area contributed by atoms with Crippen LogP contribution in [0.5, 0.6) is 0 Å². The summed E-state index contributed by atoms with van der Waals surface area (Å²) in [6.45, 7) is 22.6. The molecule has 0 nitrogen and oxygen atoms in total. The lowest BCUT2D eigenvalue weighted by Gasteiger charge is -2.26. The highest BCUT2D eigenvalue weighted by atomic mass is 32.1. The molecule has 2 aromatic carbocycles. The molecular formula is C29H42B2S2. The van der Waals surface area contributed by atoms with E-state index >= 15 is 0 Å². The first-order chi connectivity index (χ1) is 15.1. The lowest BCUT2D eigenvalue weighted by atomic mass is 9.78. The minimum atomic E-state index is 0.0936. The van der Waals surface area contributed by atoms with E-state index in [2.05, 4.69) is 97.1 Å². The van der Waals surface area contributed by atoms with Crippen LogP contribution in [0.2, 0.25) is 0 Å². The Kier molecular flexibility index (Phi) is 8.96.